The number of hydrogen-bond acceptors (Lipinski definition) is 3. The van der Waals surface area contributed by atoms with Crippen LogP contribution >= 0.6 is 0 Å². The third kappa shape index (κ3) is 3.82. The standard InChI is InChI=1S/C14H27N3O/c1-5-8-11(18)9-15-10-12-13(6-2)16-17(4)14(12)7-3/h11,15,18H,5-10H2,1-4H3. The molecule has 0 spiro atoms. The maximum Gasteiger partial charge on any atom is 0.0669 e. The first kappa shape index (κ1) is 15.2. The van der Waals surface area contributed by atoms with Crippen molar-refractivity contribution in [1.82, 2.24) is 15.1 Å². The van der Waals surface area contributed by atoms with E-state index in [2.05, 4.69) is 31.2 Å². The molecule has 0 saturated carbocycles. The molecule has 0 radical (unpaired) electrons. The molecule has 0 aliphatic carbocycles. The molecule has 1 aromatic rings. The number of nitrogens with one attached hydrogen (secondary N) is 1. The van der Waals surface area contributed by atoms with Gasteiger partial charge in [0.05, 0.1) is 11.8 Å². The lowest BCUT2D eigenvalue weighted by molar-refractivity contribution is 0.160. The first-order valence-electron chi connectivity index (χ1n) is 7.06. The second-order valence-electron chi connectivity index (χ2n) is 4.78. The summed E-state index contributed by atoms with van der Waals surface area (Å²) in [5.74, 6) is 0. The molecule has 2 N–H and O–H groups in total. The Bertz CT molecular complexity index is 360. The zero-order valence-corrected chi connectivity index (χ0v) is 12.2. The molecule has 0 aliphatic rings. The number of aromatic nitrogens is 2. The first-order chi connectivity index (χ1) is 8.63. The van der Waals surface area contributed by atoms with Crippen molar-refractivity contribution in [2.75, 3.05) is 6.54 Å². The van der Waals surface area contributed by atoms with Crippen LogP contribution in [-0.4, -0.2) is 27.5 Å². The van der Waals surface area contributed by atoms with Crippen molar-refractivity contribution in [3.63, 3.8) is 0 Å². The number of hydrogen-bond donors (Lipinski definition) is 2. The molecule has 1 rings (SSSR count). The lowest BCUT2D eigenvalue weighted by Crippen LogP contribution is -2.26. The van der Waals surface area contributed by atoms with Crippen LogP contribution in [-0.2, 0) is 26.4 Å². The van der Waals surface area contributed by atoms with E-state index in [1.807, 2.05) is 11.7 Å². The molecule has 1 unspecified atom stereocenters. The summed E-state index contributed by atoms with van der Waals surface area (Å²) in [6.45, 7) is 7.85. The van der Waals surface area contributed by atoms with Crippen LogP contribution in [0.25, 0.3) is 0 Å². The maximum absolute atomic E-state index is 9.70. The van der Waals surface area contributed by atoms with Crippen molar-refractivity contribution in [1.29, 1.82) is 0 Å². The summed E-state index contributed by atoms with van der Waals surface area (Å²) < 4.78 is 1.98. The highest BCUT2D eigenvalue weighted by Crippen LogP contribution is 2.15. The topological polar surface area (TPSA) is 50.1 Å². The minimum absolute atomic E-state index is 0.234. The fraction of sp³-hybridized carbons (Fsp3) is 0.786. The van der Waals surface area contributed by atoms with E-state index in [4.69, 9.17) is 0 Å². The molecular weight excluding hydrogens is 226 g/mol. The monoisotopic (exact) mass is 253 g/mol. The minimum atomic E-state index is -0.234. The van der Waals surface area contributed by atoms with Crippen molar-refractivity contribution in [3.05, 3.63) is 17.0 Å². The average Bonchev–Trinajstić information content (AvgIpc) is 2.65. The molecule has 0 aliphatic heterocycles. The van der Waals surface area contributed by atoms with Crippen LogP contribution < -0.4 is 5.32 Å². The van der Waals surface area contributed by atoms with E-state index < -0.39 is 0 Å². The molecule has 0 amide bonds. The van der Waals surface area contributed by atoms with Gasteiger partial charge in [0.15, 0.2) is 0 Å². The Hall–Kier alpha value is -0.870. The number of nitrogens with zero attached hydrogens (tertiary/aromatic N) is 2. The van der Waals surface area contributed by atoms with E-state index in [9.17, 15) is 5.11 Å². The number of aliphatic hydroxyl groups is 1. The predicted molar refractivity (Wildman–Crippen MR) is 74.6 cm³/mol. The average molecular weight is 253 g/mol. The minimum Gasteiger partial charge on any atom is -0.392 e. The molecule has 0 fully saturated rings. The van der Waals surface area contributed by atoms with Gasteiger partial charge in [-0.3, -0.25) is 4.68 Å². The molecule has 104 valence electrons. The lowest BCUT2D eigenvalue weighted by Gasteiger charge is -2.11. The number of aryl methyl sites for hydroxylation is 2. The highest BCUT2D eigenvalue weighted by molar-refractivity contribution is 5.26. The second kappa shape index (κ2) is 7.54. The van der Waals surface area contributed by atoms with Crippen LogP contribution in [0.5, 0.6) is 0 Å². The van der Waals surface area contributed by atoms with Crippen LogP contribution in [0, 0.1) is 0 Å². The molecule has 4 heteroatoms. The summed E-state index contributed by atoms with van der Waals surface area (Å²) in [6, 6.07) is 0. The summed E-state index contributed by atoms with van der Waals surface area (Å²) in [7, 11) is 2.01. The summed E-state index contributed by atoms with van der Waals surface area (Å²) in [5, 5.41) is 17.6. The van der Waals surface area contributed by atoms with Gasteiger partial charge in [-0.15, -0.1) is 0 Å². The van der Waals surface area contributed by atoms with Gasteiger partial charge in [0.1, 0.15) is 0 Å². The summed E-state index contributed by atoms with van der Waals surface area (Å²) in [5.41, 5.74) is 3.78. The third-order valence-electron chi connectivity index (χ3n) is 3.33. The maximum atomic E-state index is 9.70. The fourth-order valence-electron chi connectivity index (χ4n) is 2.39. The van der Waals surface area contributed by atoms with Crippen LogP contribution in [0.1, 0.15) is 50.6 Å². The zero-order chi connectivity index (χ0) is 13.5. The van der Waals surface area contributed by atoms with Crippen molar-refractivity contribution in [2.45, 2.75) is 59.1 Å². The smallest absolute Gasteiger partial charge is 0.0669 e. The largest absolute Gasteiger partial charge is 0.392 e. The second-order valence-corrected chi connectivity index (χ2v) is 4.78. The lowest BCUT2D eigenvalue weighted by atomic mass is 10.1. The van der Waals surface area contributed by atoms with Crippen molar-refractivity contribution in [3.8, 4) is 0 Å². The molecule has 0 saturated heterocycles. The Labute approximate surface area is 110 Å². The van der Waals surface area contributed by atoms with Gasteiger partial charge in [-0.05, 0) is 19.3 Å². The van der Waals surface area contributed by atoms with E-state index in [1.165, 1.54) is 17.0 Å². The van der Waals surface area contributed by atoms with Gasteiger partial charge in [-0.25, -0.2) is 0 Å². The van der Waals surface area contributed by atoms with Crippen LogP contribution in [0.15, 0.2) is 0 Å². The molecule has 0 aromatic carbocycles. The van der Waals surface area contributed by atoms with Gasteiger partial charge in [-0.1, -0.05) is 27.2 Å². The third-order valence-corrected chi connectivity index (χ3v) is 3.33. The Kier molecular flexibility index (Phi) is 6.36. The normalized spacial score (nSPS) is 12.9. The Morgan fingerprint density at radius 2 is 2.00 bits per heavy atom. The highest BCUT2D eigenvalue weighted by Gasteiger charge is 2.13. The quantitative estimate of drug-likeness (QED) is 0.742. The number of rotatable bonds is 8. The Morgan fingerprint density at radius 1 is 1.28 bits per heavy atom. The predicted octanol–water partition coefficient (Wildman–Crippen LogP) is 1.80. The molecule has 1 aromatic heterocycles. The Morgan fingerprint density at radius 3 is 2.56 bits per heavy atom. The van der Waals surface area contributed by atoms with Crippen molar-refractivity contribution in [2.24, 2.45) is 7.05 Å². The van der Waals surface area contributed by atoms with Gasteiger partial charge in [-0.2, -0.15) is 5.10 Å². The molecule has 4 nitrogen and oxygen atoms in total. The van der Waals surface area contributed by atoms with Crippen LogP contribution in [0.4, 0.5) is 0 Å². The van der Waals surface area contributed by atoms with Crippen LogP contribution in [0.3, 0.4) is 0 Å². The molecule has 1 heterocycles. The highest BCUT2D eigenvalue weighted by atomic mass is 16.3. The summed E-state index contributed by atoms with van der Waals surface area (Å²) in [6.07, 6.45) is 3.61. The Balaban J connectivity index is 2.60. The van der Waals surface area contributed by atoms with E-state index in [0.717, 1.165) is 32.2 Å². The molecule has 18 heavy (non-hydrogen) atoms. The fourth-order valence-corrected chi connectivity index (χ4v) is 2.39. The molecular formula is C14H27N3O. The molecule has 1 atom stereocenters. The first-order valence-corrected chi connectivity index (χ1v) is 7.06. The van der Waals surface area contributed by atoms with E-state index in [-0.39, 0.29) is 6.10 Å². The molecule has 0 bridgehead atoms. The van der Waals surface area contributed by atoms with Gasteiger partial charge in [0.2, 0.25) is 0 Å². The summed E-state index contributed by atoms with van der Waals surface area (Å²) >= 11 is 0. The van der Waals surface area contributed by atoms with Crippen molar-refractivity contribution >= 4 is 0 Å². The number of aliphatic hydroxyl groups excluding tert-OH is 1. The van der Waals surface area contributed by atoms with Gasteiger partial charge in [0, 0.05) is 31.4 Å². The van der Waals surface area contributed by atoms with E-state index >= 15 is 0 Å². The zero-order valence-electron chi connectivity index (χ0n) is 12.2. The van der Waals surface area contributed by atoms with Gasteiger partial charge < -0.3 is 10.4 Å². The SMILES string of the molecule is CCCC(O)CNCc1c(CC)nn(C)c1CC. The van der Waals surface area contributed by atoms with Gasteiger partial charge in [0.25, 0.3) is 0 Å². The van der Waals surface area contributed by atoms with Crippen LogP contribution in [0.2, 0.25) is 0 Å². The summed E-state index contributed by atoms with van der Waals surface area (Å²) in [4.78, 5) is 0. The van der Waals surface area contributed by atoms with Crippen molar-refractivity contribution < 1.29 is 5.11 Å². The van der Waals surface area contributed by atoms with Gasteiger partial charge >= 0.3 is 0 Å². The van der Waals surface area contributed by atoms with E-state index in [1.54, 1.807) is 0 Å². The van der Waals surface area contributed by atoms with E-state index in [0.29, 0.717) is 6.54 Å².